The first-order valence-corrected chi connectivity index (χ1v) is 9.05. The molecule has 6 heteroatoms. The molecular formula is C14H19NO3S2. The number of nitrogens with one attached hydrogen (secondary N) is 1. The van der Waals surface area contributed by atoms with Gasteiger partial charge in [0.2, 0.25) is 10.0 Å². The second kappa shape index (κ2) is 8.32. The molecule has 0 bridgehead atoms. The minimum atomic E-state index is -3.47. The van der Waals surface area contributed by atoms with E-state index in [1.165, 1.54) is 12.1 Å². The van der Waals surface area contributed by atoms with Crippen LogP contribution in [0.25, 0.3) is 0 Å². The standard InChI is InChI=1S/C14H19NO3S2/c1-12(11-19-2)10-15-20(17,18)14-7-5-13(6-8-14)4-3-9-16/h5-8,12,15-16H,9-11H2,1-2H3. The van der Waals surface area contributed by atoms with Crippen LogP contribution in [0, 0.1) is 17.8 Å². The molecule has 0 aliphatic rings. The van der Waals surface area contributed by atoms with Gasteiger partial charge in [-0.2, -0.15) is 11.8 Å². The molecule has 0 aromatic heterocycles. The van der Waals surface area contributed by atoms with E-state index in [9.17, 15) is 8.42 Å². The fourth-order valence-electron chi connectivity index (χ4n) is 1.54. The molecule has 0 heterocycles. The lowest BCUT2D eigenvalue weighted by atomic mass is 10.2. The minimum absolute atomic E-state index is 0.213. The SMILES string of the molecule is CSCC(C)CNS(=O)(=O)c1ccc(C#CCO)cc1. The molecule has 1 atom stereocenters. The molecule has 0 spiro atoms. The van der Waals surface area contributed by atoms with Crippen LogP contribution in [0.5, 0.6) is 0 Å². The third-order valence-corrected chi connectivity index (χ3v) is 4.89. The van der Waals surface area contributed by atoms with Crippen LogP contribution in [0.3, 0.4) is 0 Å². The summed E-state index contributed by atoms with van der Waals surface area (Å²) in [7, 11) is -3.47. The van der Waals surface area contributed by atoms with Gasteiger partial charge in [0.25, 0.3) is 0 Å². The average Bonchev–Trinajstić information content (AvgIpc) is 2.44. The molecule has 0 saturated heterocycles. The van der Waals surface area contributed by atoms with E-state index >= 15 is 0 Å². The van der Waals surface area contributed by atoms with Crippen molar-refractivity contribution < 1.29 is 13.5 Å². The smallest absolute Gasteiger partial charge is 0.240 e. The first-order valence-electron chi connectivity index (χ1n) is 6.18. The molecule has 1 aromatic carbocycles. The van der Waals surface area contributed by atoms with E-state index in [-0.39, 0.29) is 17.4 Å². The number of aliphatic hydroxyl groups excluding tert-OH is 1. The van der Waals surface area contributed by atoms with E-state index in [1.54, 1.807) is 23.9 Å². The Hall–Kier alpha value is -1.00. The predicted molar refractivity (Wildman–Crippen MR) is 83.1 cm³/mol. The summed E-state index contributed by atoms with van der Waals surface area (Å²) in [6.45, 7) is 2.22. The van der Waals surface area contributed by atoms with Gasteiger partial charge >= 0.3 is 0 Å². The topological polar surface area (TPSA) is 66.4 Å². The molecule has 0 aliphatic heterocycles. The number of benzene rings is 1. The Labute approximate surface area is 125 Å². The molecule has 0 amide bonds. The van der Waals surface area contributed by atoms with Crippen molar-refractivity contribution in [3.63, 3.8) is 0 Å². The van der Waals surface area contributed by atoms with Gasteiger partial charge in [0, 0.05) is 12.1 Å². The van der Waals surface area contributed by atoms with Crippen molar-refractivity contribution in [2.24, 2.45) is 5.92 Å². The fraction of sp³-hybridized carbons (Fsp3) is 0.429. The number of sulfonamides is 1. The fourth-order valence-corrected chi connectivity index (χ4v) is 3.39. The van der Waals surface area contributed by atoms with Crippen molar-refractivity contribution in [2.45, 2.75) is 11.8 Å². The minimum Gasteiger partial charge on any atom is -0.384 e. The first kappa shape index (κ1) is 17.1. The van der Waals surface area contributed by atoms with Gasteiger partial charge in [0.05, 0.1) is 4.90 Å². The zero-order valence-corrected chi connectivity index (χ0v) is 13.2. The maximum Gasteiger partial charge on any atom is 0.240 e. The van der Waals surface area contributed by atoms with Gasteiger partial charge < -0.3 is 5.11 Å². The molecule has 0 radical (unpaired) electrons. The molecule has 1 rings (SSSR count). The van der Waals surface area contributed by atoms with Gasteiger partial charge in [-0.15, -0.1) is 0 Å². The third-order valence-electron chi connectivity index (χ3n) is 2.55. The highest BCUT2D eigenvalue weighted by atomic mass is 32.2. The van der Waals surface area contributed by atoms with Gasteiger partial charge in [-0.25, -0.2) is 13.1 Å². The van der Waals surface area contributed by atoms with Gasteiger partial charge in [-0.1, -0.05) is 18.8 Å². The second-order valence-corrected chi connectivity index (χ2v) is 7.07. The molecule has 0 fully saturated rings. The Morgan fingerprint density at radius 1 is 1.35 bits per heavy atom. The predicted octanol–water partition coefficient (Wildman–Crippen LogP) is 1.31. The van der Waals surface area contributed by atoms with Gasteiger partial charge in [-0.3, -0.25) is 0 Å². The monoisotopic (exact) mass is 313 g/mol. The zero-order valence-electron chi connectivity index (χ0n) is 11.6. The van der Waals surface area contributed by atoms with Crippen LogP contribution < -0.4 is 4.72 Å². The Bertz CT molecular complexity index is 571. The van der Waals surface area contributed by atoms with E-state index in [1.807, 2.05) is 13.2 Å². The lowest BCUT2D eigenvalue weighted by molar-refractivity contribution is 0.350. The lowest BCUT2D eigenvalue weighted by Crippen LogP contribution is -2.29. The largest absolute Gasteiger partial charge is 0.384 e. The molecular weight excluding hydrogens is 294 g/mol. The van der Waals surface area contributed by atoms with Crippen molar-refractivity contribution in [3.05, 3.63) is 29.8 Å². The Morgan fingerprint density at radius 2 is 2.00 bits per heavy atom. The average molecular weight is 313 g/mol. The Morgan fingerprint density at radius 3 is 2.55 bits per heavy atom. The third kappa shape index (κ3) is 5.55. The maximum absolute atomic E-state index is 12.1. The van der Waals surface area contributed by atoms with Gasteiger partial charge in [0.15, 0.2) is 0 Å². The summed E-state index contributed by atoms with van der Waals surface area (Å²) in [4.78, 5) is 0.225. The Kier molecular flexibility index (Phi) is 7.10. The summed E-state index contributed by atoms with van der Waals surface area (Å²) in [5.74, 6) is 6.44. The van der Waals surface area contributed by atoms with Crippen LogP contribution in [0.15, 0.2) is 29.2 Å². The summed E-state index contributed by atoms with van der Waals surface area (Å²) in [5.41, 5.74) is 0.675. The number of thioether (sulfide) groups is 1. The molecule has 0 saturated carbocycles. The van der Waals surface area contributed by atoms with Crippen LogP contribution in [0.2, 0.25) is 0 Å². The number of rotatable bonds is 6. The van der Waals surface area contributed by atoms with Crippen molar-refractivity contribution in [1.82, 2.24) is 4.72 Å². The number of aliphatic hydroxyl groups is 1. The van der Waals surface area contributed by atoms with E-state index in [4.69, 9.17) is 5.11 Å². The molecule has 4 nitrogen and oxygen atoms in total. The highest BCUT2D eigenvalue weighted by Gasteiger charge is 2.14. The summed E-state index contributed by atoms with van der Waals surface area (Å²) in [6.07, 6.45) is 2.00. The van der Waals surface area contributed by atoms with Crippen molar-refractivity contribution >= 4 is 21.8 Å². The quantitative estimate of drug-likeness (QED) is 0.777. The van der Waals surface area contributed by atoms with Crippen molar-refractivity contribution in [3.8, 4) is 11.8 Å². The van der Waals surface area contributed by atoms with E-state index in [2.05, 4.69) is 16.6 Å². The lowest BCUT2D eigenvalue weighted by Gasteiger charge is -2.11. The highest BCUT2D eigenvalue weighted by molar-refractivity contribution is 7.98. The van der Waals surface area contributed by atoms with Crippen LogP contribution in [0.4, 0.5) is 0 Å². The summed E-state index contributed by atoms with van der Waals surface area (Å²) >= 11 is 1.70. The van der Waals surface area contributed by atoms with Crippen LogP contribution in [-0.4, -0.2) is 38.7 Å². The van der Waals surface area contributed by atoms with E-state index in [0.29, 0.717) is 12.1 Å². The number of hydrogen-bond acceptors (Lipinski definition) is 4. The normalized spacial score (nSPS) is 12.6. The van der Waals surface area contributed by atoms with E-state index < -0.39 is 10.0 Å². The molecule has 1 aromatic rings. The van der Waals surface area contributed by atoms with Gasteiger partial charge in [-0.05, 0) is 42.2 Å². The second-order valence-electron chi connectivity index (χ2n) is 4.40. The van der Waals surface area contributed by atoms with Crippen LogP contribution in [-0.2, 0) is 10.0 Å². The number of hydrogen-bond donors (Lipinski definition) is 2. The van der Waals surface area contributed by atoms with Gasteiger partial charge in [0.1, 0.15) is 6.61 Å². The Balaban J connectivity index is 2.72. The molecule has 1 unspecified atom stereocenters. The first-order chi connectivity index (χ1) is 9.49. The van der Waals surface area contributed by atoms with E-state index in [0.717, 1.165) is 5.75 Å². The molecule has 20 heavy (non-hydrogen) atoms. The molecule has 110 valence electrons. The van der Waals surface area contributed by atoms with Crippen LogP contribution in [0.1, 0.15) is 12.5 Å². The highest BCUT2D eigenvalue weighted by Crippen LogP contribution is 2.11. The molecule has 2 N–H and O–H groups in total. The van der Waals surface area contributed by atoms with Crippen molar-refractivity contribution in [1.29, 1.82) is 0 Å². The van der Waals surface area contributed by atoms with Crippen molar-refractivity contribution in [2.75, 3.05) is 25.2 Å². The maximum atomic E-state index is 12.1. The zero-order chi connectivity index (χ0) is 15.0. The summed E-state index contributed by atoms with van der Waals surface area (Å²) < 4.78 is 26.7. The molecule has 0 aliphatic carbocycles. The summed E-state index contributed by atoms with van der Waals surface area (Å²) in [6, 6.07) is 6.29. The summed E-state index contributed by atoms with van der Waals surface area (Å²) in [5, 5.41) is 8.60. The van der Waals surface area contributed by atoms with Crippen LogP contribution >= 0.6 is 11.8 Å².